The van der Waals surface area contributed by atoms with Crippen molar-refractivity contribution in [3.8, 4) is 0 Å². The lowest BCUT2D eigenvalue weighted by Gasteiger charge is -2.38. The third kappa shape index (κ3) is 4.79. The number of anilines is 1. The predicted molar refractivity (Wildman–Crippen MR) is 116 cm³/mol. The molecule has 0 N–H and O–H groups in total. The predicted octanol–water partition coefficient (Wildman–Crippen LogP) is 2.24. The Balaban J connectivity index is 1.49. The minimum atomic E-state index is -3.80. The number of piperidine rings is 2. The molecule has 1 atom stereocenters. The second-order valence-corrected chi connectivity index (χ2v) is 10.6. The Kier molecular flexibility index (Phi) is 6.66. The maximum atomic E-state index is 14.0. The first kappa shape index (κ1) is 22.3. The molecule has 3 aliphatic rings. The number of amides is 2. The molecular weight excluding hydrogens is 421 g/mol. The van der Waals surface area contributed by atoms with Crippen LogP contribution >= 0.6 is 0 Å². The molecule has 1 unspecified atom stereocenters. The Morgan fingerprint density at radius 2 is 1.68 bits per heavy atom. The van der Waals surface area contributed by atoms with Gasteiger partial charge in [0.15, 0.2) is 0 Å². The van der Waals surface area contributed by atoms with Gasteiger partial charge in [-0.15, -0.1) is 0 Å². The van der Waals surface area contributed by atoms with Gasteiger partial charge < -0.3 is 14.7 Å². The Bertz CT molecular complexity index is 898. The fourth-order valence-corrected chi connectivity index (χ4v) is 6.29. The van der Waals surface area contributed by atoms with E-state index in [-0.39, 0.29) is 30.6 Å². The lowest BCUT2D eigenvalue weighted by Crippen LogP contribution is -2.54. The van der Waals surface area contributed by atoms with Crippen molar-refractivity contribution < 1.29 is 17.6 Å². The Morgan fingerprint density at radius 1 is 1.00 bits per heavy atom. The summed E-state index contributed by atoms with van der Waals surface area (Å²) >= 11 is 0. The zero-order chi connectivity index (χ0) is 22.0. The summed E-state index contributed by atoms with van der Waals surface area (Å²) < 4.78 is 42.4. The topological polar surface area (TPSA) is 77.1 Å². The number of carbonyl (C=O) groups excluding carboxylic acids is 1. The average Bonchev–Trinajstić information content (AvgIpc) is 2.79. The number of carbonyl (C=O) groups is 1. The highest BCUT2D eigenvalue weighted by Gasteiger charge is 2.35. The fourth-order valence-electron chi connectivity index (χ4n) is 4.62. The summed E-state index contributed by atoms with van der Waals surface area (Å²) in [5, 5.41) is 0. The van der Waals surface area contributed by atoms with Crippen LogP contribution in [0.1, 0.15) is 37.7 Å². The Hall–Kier alpha value is -1.94. The van der Waals surface area contributed by atoms with Gasteiger partial charge in [0, 0.05) is 52.0 Å². The van der Waals surface area contributed by atoms with Crippen molar-refractivity contribution in [3.63, 3.8) is 0 Å². The van der Waals surface area contributed by atoms with Crippen LogP contribution in [0.2, 0.25) is 0 Å². The van der Waals surface area contributed by atoms with E-state index in [1.807, 2.05) is 4.90 Å². The van der Waals surface area contributed by atoms with Gasteiger partial charge in [-0.05, 0) is 50.7 Å². The molecule has 3 saturated heterocycles. The summed E-state index contributed by atoms with van der Waals surface area (Å²) in [5.74, 6) is 0.333. The maximum absolute atomic E-state index is 14.0. The molecule has 3 aliphatic heterocycles. The zero-order valence-electron chi connectivity index (χ0n) is 18.2. The monoisotopic (exact) mass is 453 g/mol. The molecule has 2 amide bonds. The van der Waals surface area contributed by atoms with E-state index in [1.165, 1.54) is 4.31 Å². The van der Waals surface area contributed by atoms with Gasteiger partial charge in [-0.1, -0.05) is 0 Å². The number of likely N-dealkylation sites (tertiary alicyclic amines) is 1. The van der Waals surface area contributed by atoms with Crippen LogP contribution in [-0.2, 0) is 10.0 Å². The van der Waals surface area contributed by atoms with Gasteiger partial charge in [0.2, 0.25) is 10.0 Å². The molecule has 3 fully saturated rings. The van der Waals surface area contributed by atoms with Crippen LogP contribution in [0.4, 0.5) is 15.0 Å². The first-order valence-electron chi connectivity index (χ1n) is 11.3. The zero-order valence-corrected chi connectivity index (χ0v) is 19.0. The summed E-state index contributed by atoms with van der Waals surface area (Å²) in [6.45, 7) is 5.37. The van der Waals surface area contributed by atoms with Crippen LogP contribution in [0.15, 0.2) is 17.2 Å². The number of nitrogens with zero attached hydrogens (tertiary/aromatic N) is 5. The molecule has 0 spiro atoms. The molecule has 31 heavy (non-hydrogen) atoms. The molecule has 0 radical (unpaired) electrons. The van der Waals surface area contributed by atoms with Gasteiger partial charge in [-0.3, -0.25) is 0 Å². The van der Waals surface area contributed by atoms with Crippen LogP contribution in [0.3, 0.4) is 0 Å². The third-order valence-electron chi connectivity index (χ3n) is 6.39. The highest BCUT2D eigenvalue weighted by atomic mass is 32.2. The summed E-state index contributed by atoms with van der Waals surface area (Å²) in [6.07, 6.45) is 5.04. The average molecular weight is 454 g/mol. The second-order valence-electron chi connectivity index (χ2n) is 8.74. The van der Waals surface area contributed by atoms with E-state index >= 15 is 0 Å². The van der Waals surface area contributed by atoms with Gasteiger partial charge in [0.1, 0.15) is 16.9 Å². The van der Waals surface area contributed by atoms with Gasteiger partial charge in [0.25, 0.3) is 0 Å². The van der Waals surface area contributed by atoms with Gasteiger partial charge in [-0.2, -0.15) is 4.31 Å². The highest BCUT2D eigenvalue weighted by molar-refractivity contribution is 7.89. The van der Waals surface area contributed by atoms with Crippen molar-refractivity contribution >= 4 is 21.9 Å². The quantitative estimate of drug-likeness (QED) is 0.702. The van der Waals surface area contributed by atoms with Crippen molar-refractivity contribution in [1.29, 1.82) is 0 Å². The smallest absolute Gasteiger partial charge is 0.320 e. The van der Waals surface area contributed by atoms with E-state index in [1.54, 1.807) is 29.0 Å². The number of aryl methyl sites for hydroxylation is 1. The third-order valence-corrected chi connectivity index (χ3v) is 8.29. The minimum absolute atomic E-state index is 0.0111. The number of pyridine rings is 1. The molecule has 1 aromatic rings. The van der Waals surface area contributed by atoms with Gasteiger partial charge in [-0.25, -0.2) is 22.6 Å². The fraction of sp³-hybridized carbons (Fsp3) is 0.714. The normalized spacial score (nSPS) is 23.8. The molecule has 172 valence electrons. The van der Waals surface area contributed by atoms with Crippen LogP contribution in [0, 0.1) is 6.92 Å². The molecule has 8 nitrogen and oxygen atoms in total. The number of hydrogen-bond donors (Lipinski definition) is 0. The molecule has 10 heteroatoms. The van der Waals surface area contributed by atoms with E-state index in [2.05, 4.69) is 4.98 Å². The van der Waals surface area contributed by atoms with E-state index in [0.717, 1.165) is 37.9 Å². The van der Waals surface area contributed by atoms with Crippen LogP contribution in [0.5, 0.6) is 0 Å². The maximum Gasteiger partial charge on any atom is 0.320 e. The van der Waals surface area contributed by atoms with Crippen molar-refractivity contribution in [1.82, 2.24) is 19.1 Å². The second kappa shape index (κ2) is 9.28. The minimum Gasteiger partial charge on any atom is -0.353 e. The molecule has 4 heterocycles. The molecule has 0 saturated carbocycles. The van der Waals surface area contributed by atoms with E-state index < -0.39 is 16.2 Å². The van der Waals surface area contributed by atoms with Crippen molar-refractivity contribution in [3.05, 3.63) is 17.8 Å². The summed E-state index contributed by atoms with van der Waals surface area (Å²) in [5.41, 5.74) is 0.745. The molecule has 1 aromatic heterocycles. The van der Waals surface area contributed by atoms with E-state index in [9.17, 15) is 17.6 Å². The SMILES string of the molecule is Cc1cnc(N2CCCC(F)C2)c(S(=O)(=O)N2CCN(C(=O)N3CCCCC3)CC2)c1. The first-order chi connectivity index (χ1) is 14.9. The molecular formula is C21H32FN5O3S. The van der Waals surface area contributed by atoms with E-state index in [0.29, 0.717) is 38.3 Å². The number of aromatic nitrogens is 1. The summed E-state index contributed by atoms with van der Waals surface area (Å²) in [4.78, 5) is 22.6. The van der Waals surface area contributed by atoms with E-state index in [4.69, 9.17) is 0 Å². The number of hydrogen-bond acceptors (Lipinski definition) is 5. The number of sulfonamides is 1. The van der Waals surface area contributed by atoms with Crippen LogP contribution in [-0.4, -0.2) is 92.1 Å². The Labute approximate surface area is 184 Å². The van der Waals surface area contributed by atoms with Gasteiger partial charge in [0.05, 0.1) is 6.54 Å². The Morgan fingerprint density at radius 3 is 2.35 bits per heavy atom. The van der Waals surface area contributed by atoms with Crippen molar-refractivity contribution in [2.75, 3.05) is 57.3 Å². The number of alkyl halides is 1. The number of halogens is 1. The first-order valence-corrected chi connectivity index (χ1v) is 12.7. The lowest BCUT2D eigenvalue weighted by atomic mass is 10.1. The summed E-state index contributed by atoms with van der Waals surface area (Å²) in [6, 6.07) is 1.64. The molecule has 0 aromatic carbocycles. The number of urea groups is 1. The standard InChI is InChI=1S/C21H32FN5O3S/c1-17-14-19(20(23-15-17)26-9-5-6-18(22)16-26)31(29,30)27-12-10-25(11-13-27)21(28)24-7-3-2-4-8-24/h14-15,18H,2-13,16H2,1H3. The molecule has 0 aliphatic carbocycles. The van der Waals surface area contributed by atoms with Crippen LogP contribution < -0.4 is 4.90 Å². The highest BCUT2D eigenvalue weighted by Crippen LogP contribution is 2.30. The number of rotatable bonds is 3. The number of piperazine rings is 1. The summed E-state index contributed by atoms with van der Waals surface area (Å²) in [7, 11) is -3.80. The largest absolute Gasteiger partial charge is 0.353 e. The van der Waals surface area contributed by atoms with Crippen LogP contribution in [0.25, 0.3) is 0 Å². The lowest BCUT2D eigenvalue weighted by molar-refractivity contribution is 0.126. The van der Waals surface area contributed by atoms with Gasteiger partial charge >= 0.3 is 6.03 Å². The van der Waals surface area contributed by atoms with Crippen molar-refractivity contribution in [2.24, 2.45) is 0 Å². The molecule has 4 rings (SSSR count). The molecule has 0 bridgehead atoms. The van der Waals surface area contributed by atoms with Crippen molar-refractivity contribution in [2.45, 2.75) is 50.1 Å².